The Morgan fingerprint density at radius 3 is 2.41 bits per heavy atom. The summed E-state index contributed by atoms with van der Waals surface area (Å²) in [5.41, 5.74) is 7.52. The van der Waals surface area contributed by atoms with Gasteiger partial charge < -0.3 is 20.9 Å². The van der Waals surface area contributed by atoms with Gasteiger partial charge in [-0.1, -0.05) is 19.9 Å². The maximum atomic E-state index is 11.8. The van der Waals surface area contributed by atoms with Gasteiger partial charge in [0.05, 0.1) is 11.6 Å². The van der Waals surface area contributed by atoms with E-state index in [9.17, 15) is 14.7 Å². The van der Waals surface area contributed by atoms with Crippen LogP contribution in [0.15, 0.2) is 42.5 Å². The average Bonchev–Trinajstić information content (AvgIpc) is 2.64. The lowest BCUT2D eigenvalue weighted by Gasteiger charge is -2.20. The Hall–Kier alpha value is -3.53. The third kappa shape index (κ3) is 5.22. The molecule has 0 aliphatic rings. The fourth-order valence-electron chi connectivity index (χ4n) is 2.57. The Labute approximate surface area is 157 Å². The van der Waals surface area contributed by atoms with Crippen molar-refractivity contribution in [3.63, 3.8) is 0 Å². The van der Waals surface area contributed by atoms with E-state index < -0.39 is 17.9 Å². The predicted octanol–water partition coefficient (Wildman–Crippen LogP) is 2.78. The lowest BCUT2D eigenvalue weighted by Crippen LogP contribution is -2.22. The molecule has 0 saturated carbocycles. The van der Waals surface area contributed by atoms with Crippen molar-refractivity contribution in [2.45, 2.75) is 25.8 Å². The maximum absolute atomic E-state index is 11.8. The molecule has 0 radical (unpaired) electrons. The molecule has 4 N–H and O–H groups in total. The molecule has 0 aliphatic carbocycles. The summed E-state index contributed by atoms with van der Waals surface area (Å²) in [5.74, 6) is -1.08. The van der Waals surface area contributed by atoms with Crippen molar-refractivity contribution in [2.75, 3.05) is 11.9 Å². The molecule has 2 rings (SSSR count). The number of carboxylic acids is 1. The number of hydrogen-bond acceptors (Lipinski definition) is 5. The van der Waals surface area contributed by atoms with E-state index in [1.807, 2.05) is 19.9 Å². The molecular formula is C20H21N3O4. The number of nitrogens with zero attached hydrogens (tertiary/aromatic N) is 1. The van der Waals surface area contributed by atoms with Crippen molar-refractivity contribution in [3.05, 3.63) is 59.2 Å². The highest BCUT2D eigenvalue weighted by Gasteiger charge is 2.22. The molecule has 0 heterocycles. The maximum Gasteiger partial charge on any atom is 0.330 e. The molecule has 2 aromatic rings. The van der Waals surface area contributed by atoms with Gasteiger partial charge in [0.1, 0.15) is 5.75 Å². The molecule has 0 saturated heterocycles. The zero-order valence-electron chi connectivity index (χ0n) is 15.1. The quantitative estimate of drug-likeness (QED) is 0.659. The zero-order chi connectivity index (χ0) is 20.0. The Bertz CT molecular complexity index is 870. The summed E-state index contributed by atoms with van der Waals surface area (Å²) < 4.78 is 5.43. The topological polar surface area (TPSA) is 125 Å². The minimum atomic E-state index is -1.04. The fraction of sp³-hybridized carbons (Fsp3) is 0.250. The molecule has 7 nitrogen and oxygen atoms in total. The number of ether oxygens (including phenoxy) is 1. The van der Waals surface area contributed by atoms with Crippen LogP contribution in [0.1, 0.15) is 42.5 Å². The van der Waals surface area contributed by atoms with Crippen LogP contribution in [0.25, 0.3) is 0 Å². The molecule has 0 bridgehead atoms. The van der Waals surface area contributed by atoms with Gasteiger partial charge in [0.2, 0.25) is 0 Å². The van der Waals surface area contributed by atoms with E-state index in [1.54, 1.807) is 42.5 Å². The van der Waals surface area contributed by atoms with Gasteiger partial charge in [0, 0.05) is 5.69 Å². The van der Waals surface area contributed by atoms with Crippen LogP contribution >= 0.6 is 0 Å². The number of nitrogens with one attached hydrogen (secondary N) is 1. The lowest BCUT2D eigenvalue weighted by molar-refractivity contribution is -0.138. The van der Waals surface area contributed by atoms with E-state index in [2.05, 4.69) is 5.32 Å². The summed E-state index contributed by atoms with van der Waals surface area (Å²) in [6.07, 6.45) is 0. The van der Waals surface area contributed by atoms with Gasteiger partial charge in [0.25, 0.3) is 5.91 Å². The van der Waals surface area contributed by atoms with Crippen LogP contribution in [0.4, 0.5) is 5.69 Å². The molecule has 0 fully saturated rings. The number of nitriles is 1. The Balaban J connectivity index is 2.32. The highest BCUT2D eigenvalue weighted by atomic mass is 16.5. The van der Waals surface area contributed by atoms with E-state index in [1.165, 1.54) is 0 Å². The van der Waals surface area contributed by atoms with Crippen molar-refractivity contribution in [2.24, 2.45) is 5.73 Å². The summed E-state index contributed by atoms with van der Waals surface area (Å²) in [7, 11) is 0. The first-order valence-corrected chi connectivity index (χ1v) is 8.36. The van der Waals surface area contributed by atoms with Crippen LogP contribution in [0.3, 0.4) is 0 Å². The number of rotatable bonds is 8. The van der Waals surface area contributed by atoms with Crippen molar-refractivity contribution in [3.8, 4) is 11.8 Å². The first-order valence-electron chi connectivity index (χ1n) is 8.36. The number of anilines is 1. The number of carbonyl (C=O) groups excluding carboxylic acids is 1. The predicted molar refractivity (Wildman–Crippen MR) is 100 cm³/mol. The summed E-state index contributed by atoms with van der Waals surface area (Å²) in [6, 6.07) is 12.6. The van der Waals surface area contributed by atoms with Gasteiger partial charge in [-0.25, -0.2) is 4.79 Å². The highest BCUT2D eigenvalue weighted by Crippen LogP contribution is 2.31. The summed E-state index contributed by atoms with van der Waals surface area (Å²) in [4.78, 5) is 22.8. The number of amides is 1. The highest BCUT2D eigenvalue weighted by molar-refractivity contribution is 5.79. The average molecular weight is 367 g/mol. The van der Waals surface area contributed by atoms with Gasteiger partial charge in [-0.05, 0) is 53.4 Å². The van der Waals surface area contributed by atoms with Gasteiger partial charge in [0.15, 0.2) is 12.6 Å². The van der Waals surface area contributed by atoms with Crippen molar-refractivity contribution >= 4 is 17.6 Å². The lowest BCUT2D eigenvalue weighted by atomic mass is 9.96. The molecule has 2 aromatic carbocycles. The number of carbonyl (C=O) groups is 2. The second kappa shape index (κ2) is 8.72. The molecule has 0 spiro atoms. The van der Waals surface area contributed by atoms with E-state index in [4.69, 9.17) is 15.7 Å². The fourth-order valence-corrected chi connectivity index (χ4v) is 2.57. The Morgan fingerprint density at radius 2 is 1.89 bits per heavy atom. The Morgan fingerprint density at radius 1 is 1.22 bits per heavy atom. The molecule has 27 heavy (non-hydrogen) atoms. The van der Waals surface area contributed by atoms with Crippen molar-refractivity contribution in [1.82, 2.24) is 0 Å². The second-order valence-electron chi connectivity index (χ2n) is 6.31. The van der Waals surface area contributed by atoms with Gasteiger partial charge >= 0.3 is 5.97 Å². The van der Waals surface area contributed by atoms with Crippen molar-refractivity contribution in [1.29, 1.82) is 5.26 Å². The van der Waals surface area contributed by atoms with Gasteiger partial charge in [-0.3, -0.25) is 4.79 Å². The number of benzene rings is 2. The van der Waals surface area contributed by atoms with Crippen LogP contribution in [0, 0.1) is 11.3 Å². The third-order valence-corrected chi connectivity index (χ3v) is 3.93. The van der Waals surface area contributed by atoms with E-state index in [0.717, 1.165) is 5.56 Å². The molecule has 0 aliphatic heterocycles. The summed E-state index contributed by atoms with van der Waals surface area (Å²) in [6.45, 7) is 3.64. The molecule has 140 valence electrons. The third-order valence-electron chi connectivity index (χ3n) is 3.93. The standard InChI is InChI=1S/C20H21N3O4/c1-12(2)16-9-14(5-8-17(16)27-11-18(22)24)19(20(25)26)23-15-6-3-13(10-21)4-7-15/h3-9,12,19,23H,11H2,1-2H3,(H2,22,24)(H,25,26). The summed E-state index contributed by atoms with van der Waals surface area (Å²) >= 11 is 0. The molecule has 1 atom stereocenters. The van der Waals surface area contributed by atoms with E-state index >= 15 is 0 Å². The normalized spacial score (nSPS) is 11.5. The number of aliphatic carboxylic acids is 1. The number of nitrogens with two attached hydrogens (primary N) is 1. The molecule has 1 unspecified atom stereocenters. The van der Waals surface area contributed by atoms with Crippen molar-refractivity contribution < 1.29 is 19.4 Å². The molecule has 7 heteroatoms. The monoisotopic (exact) mass is 367 g/mol. The molecule has 0 aromatic heterocycles. The van der Waals surface area contributed by atoms with Gasteiger partial charge in [-0.2, -0.15) is 5.26 Å². The number of hydrogen-bond donors (Lipinski definition) is 3. The van der Waals surface area contributed by atoms with E-state index in [-0.39, 0.29) is 12.5 Å². The molecular weight excluding hydrogens is 346 g/mol. The second-order valence-corrected chi connectivity index (χ2v) is 6.31. The SMILES string of the molecule is CC(C)c1cc(C(Nc2ccc(C#N)cc2)C(=O)O)ccc1OCC(N)=O. The molecule has 1 amide bonds. The minimum Gasteiger partial charge on any atom is -0.483 e. The smallest absolute Gasteiger partial charge is 0.330 e. The van der Waals surface area contributed by atoms with Crippen LogP contribution in [-0.2, 0) is 9.59 Å². The van der Waals surface area contributed by atoms with Crippen LogP contribution in [0.2, 0.25) is 0 Å². The summed E-state index contributed by atoms with van der Waals surface area (Å²) in [5, 5.41) is 21.5. The first-order chi connectivity index (χ1) is 12.8. The minimum absolute atomic E-state index is 0.0529. The number of primary amides is 1. The van der Waals surface area contributed by atoms with Crippen LogP contribution < -0.4 is 15.8 Å². The Kier molecular flexibility index (Phi) is 6.39. The number of carboxylic acid groups (broad SMARTS) is 1. The van der Waals surface area contributed by atoms with E-state index in [0.29, 0.717) is 22.6 Å². The van der Waals surface area contributed by atoms with Crippen LogP contribution in [0.5, 0.6) is 5.75 Å². The van der Waals surface area contributed by atoms with Gasteiger partial charge in [-0.15, -0.1) is 0 Å². The first kappa shape index (κ1) is 19.8. The zero-order valence-corrected chi connectivity index (χ0v) is 15.1. The largest absolute Gasteiger partial charge is 0.483 e. The van der Waals surface area contributed by atoms with Crippen LogP contribution in [-0.4, -0.2) is 23.6 Å².